The van der Waals surface area contributed by atoms with Gasteiger partial charge in [0.15, 0.2) is 0 Å². The van der Waals surface area contributed by atoms with Crippen molar-refractivity contribution >= 4 is 23.4 Å². The topological polar surface area (TPSA) is 38.1 Å². The monoisotopic (exact) mass is 308 g/mol. The van der Waals surface area contributed by atoms with Crippen molar-refractivity contribution < 1.29 is 4.52 Å². The summed E-state index contributed by atoms with van der Waals surface area (Å²) in [5.74, 6) is 2.03. The van der Waals surface area contributed by atoms with Crippen molar-refractivity contribution in [2.75, 3.05) is 5.75 Å². The lowest BCUT2D eigenvalue weighted by Gasteiger charge is -2.26. The Kier molecular flexibility index (Phi) is 4.06. The van der Waals surface area contributed by atoms with Crippen LogP contribution in [0.25, 0.3) is 0 Å². The Hall–Kier alpha value is -0.970. The van der Waals surface area contributed by atoms with Gasteiger partial charge in [-0.1, -0.05) is 16.8 Å². The molecule has 1 aromatic heterocycles. The van der Waals surface area contributed by atoms with Crippen molar-refractivity contribution in [3.8, 4) is 0 Å². The van der Waals surface area contributed by atoms with Gasteiger partial charge in [0.05, 0.1) is 5.69 Å². The molecule has 1 N–H and O–H groups in total. The van der Waals surface area contributed by atoms with E-state index in [1.165, 1.54) is 10.5 Å². The smallest absolute Gasteiger partial charge is 0.138 e. The molecule has 106 valence electrons. The zero-order valence-corrected chi connectivity index (χ0v) is 13.1. The van der Waals surface area contributed by atoms with Gasteiger partial charge in [0.25, 0.3) is 0 Å². The van der Waals surface area contributed by atoms with Crippen LogP contribution in [0.15, 0.2) is 27.6 Å². The van der Waals surface area contributed by atoms with Crippen LogP contribution in [-0.4, -0.2) is 10.9 Å². The van der Waals surface area contributed by atoms with Crippen molar-refractivity contribution in [3.05, 3.63) is 45.8 Å². The van der Waals surface area contributed by atoms with E-state index in [0.717, 1.165) is 40.8 Å². The molecular weight excluding hydrogens is 292 g/mol. The number of nitrogens with zero attached hydrogens (tertiary/aromatic N) is 1. The molecule has 1 aliphatic heterocycles. The molecular formula is C15H17ClN2OS. The molecule has 5 heteroatoms. The van der Waals surface area contributed by atoms with Crippen molar-refractivity contribution in [2.24, 2.45) is 0 Å². The van der Waals surface area contributed by atoms with E-state index in [0.29, 0.717) is 6.04 Å². The van der Waals surface area contributed by atoms with E-state index in [-0.39, 0.29) is 0 Å². The van der Waals surface area contributed by atoms with Gasteiger partial charge in [0.1, 0.15) is 5.76 Å². The van der Waals surface area contributed by atoms with E-state index >= 15 is 0 Å². The highest BCUT2D eigenvalue weighted by molar-refractivity contribution is 7.99. The quantitative estimate of drug-likeness (QED) is 0.919. The second kappa shape index (κ2) is 5.80. The molecule has 2 heterocycles. The van der Waals surface area contributed by atoms with E-state index in [9.17, 15) is 0 Å². The minimum absolute atomic E-state index is 0.346. The van der Waals surface area contributed by atoms with Crippen LogP contribution in [-0.2, 0) is 6.54 Å². The summed E-state index contributed by atoms with van der Waals surface area (Å²) >= 11 is 8.03. The molecule has 1 atom stereocenters. The zero-order chi connectivity index (χ0) is 14.1. The Labute approximate surface area is 128 Å². The number of halogens is 1. The predicted octanol–water partition coefficient (Wildman–Crippen LogP) is 4.27. The lowest BCUT2D eigenvalue weighted by molar-refractivity contribution is 0.391. The fraction of sp³-hybridized carbons (Fsp3) is 0.400. The lowest BCUT2D eigenvalue weighted by atomic mass is 10.0. The van der Waals surface area contributed by atoms with Gasteiger partial charge >= 0.3 is 0 Å². The van der Waals surface area contributed by atoms with Crippen LogP contribution in [0.3, 0.4) is 0 Å². The summed E-state index contributed by atoms with van der Waals surface area (Å²) in [6.07, 6.45) is 1.11. The molecule has 0 spiro atoms. The van der Waals surface area contributed by atoms with Crippen LogP contribution in [0.5, 0.6) is 0 Å². The van der Waals surface area contributed by atoms with E-state index in [1.807, 2.05) is 31.7 Å². The van der Waals surface area contributed by atoms with Crippen LogP contribution >= 0.6 is 23.4 Å². The summed E-state index contributed by atoms with van der Waals surface area (Å²) in [5.41, 5.74) is 3.43. The summed E-state index contributed by atoms with van der Waals surface area (Å²) in [6, 6.07) is 6.50. The molecule has 1 aliphatic rings. The maximum Gasteiger partial charge on any atom is 0.138 e. The van der Waals surface area contributed by atoms with Gasteiger partial charge in [0.2, 0.25) is 0 Å². The Balaban J connectivity index is 1.78. The summed E-state index contributed by atoms with van der Waals surface area (Å²) in [7, 11) is 0. The number of thioether (sulfide) groups is 1. The standard InChI is InChI=1S/C15H17ClN2OS/c1-9-13(10(2)19-18-9)8-17-14-5-6-20-15-4-3-11(16)7-12(14)15/h3-4,7,14,17H,5-6,8H2,1-2H3. The number of benzene rings is 1. The fourth-order valence-electron chi connectivity index (χ4n) is 2.56. The normalized spacial score (nSPS) is 18.1. The zero-order valence-electron chi connectivity index (χ0n) is 11.6. The average molecular weight is 309 g/mol. The molecule has 0 saturated heterocycles. The highest BCUT2D eigenvalue weighted by Gasteiger charge is 2.21. The average Bonchev–Trinajstić information content (AvgIpc) is 2.76. The van der Waals surface area contributed by atoms with Gasteiger partial charge < -0.3 is 9.84 Å². The SMILES string of the molecule is Cc1noc(C)c1CNC1CCSc2ccc(Cl)cc21. The first-order chi connectivity index (χ1) is 9.65. The first-order valence-corrected chi connectivity index (χ1v) is 8.09. The number of rotatable bonds is 3. The van der Waals surface area contributed by atoms with Crippen molar-refractivity contribution in [1.29, 1.82) is 0 Å². The van der Waals surface area contributed by atoms with Crippen molar-refractivity contribution in [2.45, 2.75) is 37.8 Å². The number of aromatic nitrogens is 1. The number of hydrogen-bond donors (Lipinski definition) is 1. The molecule has 3 nitrogen and oxygen atoms in total. The second-order valence-corrected chi connectivity index (χ2v) is 6.63. The minimum atomic E-state index is 0.346. The summed E-state index contributed by atoms with van der Waals surface area (Å²) < 4.78 is 5.21. The molecule has 0 amide bonds. The van der Waals surface area contributed by atoms with Crippen molar-refractivity contribution in [3.63, 3.8) is 0 Å². The summed E-state index contributed by atoms with van der Waals surface area (Å²) in [5, 5.41) is 8.42. The third-order valence-corrected chi connectivity index (χ3v) is 5.08. The van der Waals surface area contributed by atoms with Gasteiger partial charge in [-0.05, 0) is 49.8 Å². The van der Waals surface area contributed by atoms with Gasteiger partial charge in [-0.25, -0.2) is 0 Å². The Morgan fingerprint density at radius 2 is 2.30 bits per heavy atom. The molecule has 2 aromatic rings. The highest BCUT2D eigenvalue weighted by atomic mass is 35.5. The number of fused-ring (bicyclic) bond motifs is 1. The number of hydrogen-bond acceptors (Lipinski definition) is 4. The summed E-state index contributed by atoms with van der Waals surface area (Å²) in [4.78, 5) is 1.33. The van der Waals surface area contributed by atoms with E-state index < -0.39 is 0 Å². The van der Waals surface area contributed by atoms with Gasteiger partial charge in [-0.15, -0.1) is 11.8 Å². The van der Waals surface area contributed by atoms with Crippen LogP contribution in [0.2, 0.25) is 5.02 Å². The van der Waals surface area contributed by atoms with Gasteiger partial charge in [-0.3, -0.25) is 0 Å². The third-order valence-electron chi connectivity index (χ3n) is 3.72. The molecule has 0 radical (unpaired) electrons. The molecule has 0 fully saturated rings. The molecule has 3 rings (SSSR count). The van der Waals surface area contributed by atoms with Crippen LogP contribution in [0, 0.1) is 13.8 Å². The molecule has 1 aromatic carbocycles. The van der Waals surface area contributed by atoms with Crippen LogP contribution in [0.1, 0.15) is 35.0 Å². The predicted molar refractivity (Wildman–Crippen MR) is 82.4 cm³/mol. The van der Waals surface area contributed by atoms with Crippen LogP contribution in [0.4, 0.5) is 0 Å². The highest BCUT2D eigenvalue weighted by Crippen LogP contribution is 2.37. The molecule has 0 saturated carbocycles. The van der Waals surface area contributed by atoms with Crippen molar-refractivity contribution in [1.82, 2.24) is 10.5 Å². The molecule has 0 aliphatic carbocycles. The first-order valence-electron chi connectivity index (χ1n) is 6.72. The molecule has 20 heavy (non-hydrogen) atoms. The van der Waals surface area contributed by atoms with Crippen LogP contribution < -0.4 is 5.32 Å². The Morgan fingerprint density at radius 3 is 3.05 bits per heavy atom. The molecule has 0 bridgehead atoms. The largest absolute Gasteiger partial charge is 0.361 e. The summed E-state index contributed by atoms with van der Waals surface area (Å²) in [6.45, 7) is 4.72. The van der Waals surface area contributed by atoms with E-state index in [1.54, 1.807) is 0 Å². The maximum atomic E-state index is 6.13. The first kappa shape index (κ1) is 14.0. The molecule has 1 unspecified atom stereocenters. The second-order valence-electron chi connectivity index (χ2n) is 5.06. The minimum Gasteiger partial charge on any atom is -0.361 e. The fourth-order valence-corrected chi connectivity index (χ4v) is 3.84. The maximum absolute atomic E-state index is 6.13. The number of aryl methyl sites for hydroxylation is 2. The number of nitrogens with one attached hydrogen (secondary N) is 1. The van der Waals surface area contributed by atoms with Gasteiger partial charge in [0, 0.05) is 28.1 Å². The Morgan fingerprint density at radius 1 is 1.45 bits per heavy atom. The third kappa shape index (κ3) is 2.73. The van der Waals surface area contributed by atoms with E-state index in [4.69, 9.17) is 16.1 Å². The lowest BCUT2D eigenvalue weighted by Crippen LogP contribution is -2.24. The van der Waals surface area contributed by atoms with Gasteiger partial charge in [-0.2, -0.15) is 0 Å². The Bertz CT molecular complexity index is 607. The van der Waals surface area contributed by atoms with E-state index in [2.05, 4.69) is 22.6 Å².